The maximum atomic E-state index is 13.3. The molecule has 0 amide bonds. The number of rotatable bonds is 6. The molecular formula is C22H28ClFIN3O. The van der Waals surface area contributed by atoms with E-state index >= 15 is 0 Å². The van der Waals surface area contributed by atoms with E-state index in [0.717, 1.165) is 61.1 Å². The van der Waals surface area contributed by atoms with Crippen molar-refractivity contribution < 1.29 is 9.13 Å². The van der Waals surface area contributed by atoms with Crippen molar-refractivity contribution in [3.63, 3.8) is 0 Å². The number of ether oxygens (including phenoxy) is 1. The van der Waals surface area contributed by atoms with E-state index in [2.05, 4.69) is 21.7 Å². The first-order valence-corrected chi connectivity index (χ1v) is 10.0. The fraction of sp³-hybridized carbons (Fsp3) is 0.409. The van der Waals surface area contributed by atoms with Gasteiger partial charge in [0.2, 0.25) is 0 Å². The van der Waals surface area contributed by atoms with Gasteiger partial charge in [0, 0.05) is 43.8 Å². The first kappa shape index (κ1) is 23.9. The Balaban J connectivity index is 0.00000300. The van der Waals surface area contributed by atoms with E-state index in [0.29, 0.717) is 6.54 Å². The van der Waals surface area contributed by atoms with Crippen LogP contribution in [0.2, 0.25) is 5.02 Å². The topological polar surface area (TPSA) is 45.7 Å². The molecule has 1 aliphatic rings. The Hall–Kier alpha value is -1.38. The van der Waals surface area contributed by atoms with Crippen LogP contribution in [0.1, 0.15) is 24.0 Å². The zero-order valence-corrected chi connectivity index (χ0v) is 19.7. The van der Waals surface area contributed by atoms with E-state index in [1.54, 1.807) is 19.2 Å². The Bertz CT molecular complexity index is 812. The van der Waals surface area contributed by atoms with Crippen LogP contribution in [0.25, 0.3) is 0 Å². The van der Waals surface area contributed by atoms with Crippen LogP contribution in [0, 0.1) is 5.82 Å². The lowest BCUT2D eigenvalue weighted by molar-refractivity contribution is 0.0514. The van der Waals surface area contributed by atoms with Crippen molar-refractivity contribution in [2.75, 3.05) is 33.4 Å². The highest BCUT2D eigenvalue weighted by atomic mass is 127. The molecule has 1 saturated heterocycles. The molecule has 0 spiro atoms. The Morgan fingerprint density at radius 3 is 2.59 bits per heavy atom. The molecule has 2 aromatic carbocycles. The summed E-state index contributed by atoms with van der Waals surface area (Å²) in [4.78, 5) is 4.32. The van der Waals surface area contributed by atoms with Gasteiger partial charge in [0.1, 0.15) is 5.82 Å². The van der Waals surface area contributed by atoms with Crippen LogP contribution in [0.5, 0.6) is 0 Å². The summed E-state index contributed by atoms with van der Waals surface area (Å²) in [5, 5.41) is 7.56. The van der Waals surface area contributed by atoms with Crippen molar-refractivity contribution in [2.45, 2.75) is 24.7 Å². The van der Waals surface area contributed by atoms with Gasteiger partial charge in [-0.15, -0.1) is 24.0 Å². The Kier molecular flexibility index (Phi) is 9.65. The second kappa shape index (κ2) is 11.7. The zero-order chi connectivity index (χ0) is 19.8. The molecular weight excluding hydrogens is 504 g/mol. The Morgan fingerprint density at radius 1 is 1.14 bits per heavy atom. The molecule has 3 rings (SSSR count). The van der Waals surface area contributed by atoms with Crippen LogP contribution in [-0.4, -0.2) is 39.3 Å². The average Bonchev–Trinajstić information content (AvgIpc) is 2.71. The quantitative estimate of drug-likeness (QED) is 0.327. The van der Waals surface area contributed by atoms with Gasteiger partial charge in [-0.2, -0.15) is 0 Å². The molecule has 0 aromatic heterocycles. The summed E-state index contributed by atoms with van der Waals surface area (Å²) in [6.07, 6.45) is 2.54. The third-order valence-corrected chi connectivity index (χ3v) is 5.64. The summed E-state index contributed by atoms with van der Waals surface area (Å²) in [6.45, 7) is 2.84. The van der Waals surface area contributed by atoms with E-state index in [-0.39, 0.29) is 35.2 Å². The number of halogens is 3. The molecule has 1 aliphatic heterocycles. The van der Waals surface area contributed by atoms with Gasteiger partial charge in [-0.05, 0) is 48.6 Å². The number of benzene rings is 2. The van der Waals surface area contributed by atoms with Crippen LogP contribution in [0.15, 0.2) is 53.5 Å². The average molecular weight is 532 g/mol. The molecule has 2 aromatic rings. The number of hydrogen-bond acceptors (Lipinski definition) is 2. The van der Waals surface area contributed by atoms with Crippen molar-refractivity contribution in [3.8, 4) is 0 Å². The maximum absolute atomic E-state index is 13.3. The standard InChI is InChI=1S/C22H27ClFN3O.HI/c1-25-21(26-12-9-17-5-4-6-18(24)15-17)27-16-22(10-13-28-14-11-22)19-7-2-3-8-20(19)23;/h2-8,15H,9-14,16H2,1H3,(H2,25,26,27);1H. The van der Waals surface area contributed by atoms with Gasteiger partial charge in [-0.25, -0.2) is 4.39 Å². The number of guanidine groups is 1. The predicted molar refractivity (Wildman–Crippen MR) is 128 cm³/mol. The molecule has 158 valence electrons. The van der Waals surface area contributed by atoms with Crippen LogP contribution in [-0.2, 0) is 16.6 Å². The lowest BCUT2D eigenvalue weighted by Gasteiger charge is -2.38. The minimum absolute atomic E-state index is 0. The van der Waals surface area contributed by atoms with E-state index in [4.69, 9.17) is 16.3 Å². The summed E-state index contributed by atoms with van der Waals surface area (Å²) in [6, 6.07) is 14.7. The van der Waals surface area contributed by atoms with Gasteiger partial charge < -0.3 is 15.4 Å². The second-order valence-corrected chi connectivity index (χ2v) is 7.51. The fourth-order valence-corrected chi connectivity index (χ4v) is 4.02. The second-order valence-electron chi connectivity index (χ2n) is 7.11. The van der Waals surface area contributed by atoms with Crippen LogP contribution in [0.4, 0.5) is 4.39 Å². The van der Waals surface area contributed by atoms with Crippen LogP contribution >= 0.6 is 35.6 Å². The molecule has 0 bridgehead atoms. The minimum Gasteiger partial charge on any atom is -0.381 e. The molecule has 0 unspecified atom stereocenters. The molecule has 2 N–H and O–H groups in total. The molecule has 7 heteroatoms. The SMILES string of the molecule is CN=C(NCCc1cccc(F)c1)NCC1(c2ccccc2Cl)CCOCC1.I. The highest BCUT2D eigenvalue weighted by Gasteiger charge is 2.36. The summed E-state index contributed by atoms with van der Waals surface area (Å²) < 4.78 is 18.9. The molecule has 1 fully saturated rings. The maximum Gasteiger partial charge on any atom is 0.191 e. The number of nitrogens with zero attached hydrogens (tertiary/aromatic N) is 1. The smallest absolute Gasteiger partial charge is 0.191 e. The Morgan fingerprint density at radius 2 is 1.90 bits per heavy atom. The third-order valence-electron chi connectivity index (χ3n) is 5.31. The van der Waals surface area contributed by atoms with Gasteiger partial charge in [0.25, 0.3) is 0 Å². The van der Waals surface area contributed by atoms with E-state index in [9.17, 15) is 4.39 Å². The number of aliphatic imine (C=N–C) groups is 1. The van der Waals surface area contributed by atoms with Gasteiger partial charge in [-0.3, -0.25) is 4.99 Å². The van der Waals surface area contributed by atoms with Crippen LogP contribution < -0.4 is 10.6 Å². The number of hydrogen-bond donors (Lipinski definition) is 2. The van der Waals surface area contributed by atoms with Crippen molar-refractivity contribution in [1.29, 1.82) is 0 Å². The predicted octanol–water partition coefficient (Wildman–Crippen LogP) is 4.55. The first-order valence-electron chi connectivity index (χ1n) is 9.65. The van der Waals surface area contributed by atoms with Gasteiger partial charge in [0.05, 0.1) is 0 Å². The van der Waals surface area contributed by atoms with Crippen molar-refractivity contribution in [1.82, 2.24) is 10.6 Å². The highest BCUT2D eigenvalue weighted by Crippen LogP contribution is 2.38. The van der Waals surface area contributed by atoms with Gasteiger partial charge in [-0.1, -0.05) is 41.9 Å². The first-order chi connectivity index (χ1) is 13.6. The van der Waals surface area contributed by atoms with Crippen LogP contribution in [0.3, 0.4) is 0 Å². The molecule has 4 nitrogen and oxygen atoms in total. The summed E-state index contributed by atoms with van der Waals surface area (Å²) >= 11 is 6.52. The lowest BCUT2D eigenvalue weighted by Crippen LogP contribution is -2.48. The summed E-state index contributed by atoms with van der Waals surface area (Å²) in [5.41, 5.74) is 2.03. The normalized spacial score (nSPS) is 16.0. The zero-order valence-electron chi connectivity index (χ0n) is 16.6. The fourth-order valence-electron chi connectivity index (χ4n) is 3.69. The number of nitrogens with one attached hydrogen (secondary N) is 2. The largest absolute Gasteiger partial charge is 0.381 e. The highest BCUT2D eigenvalue weighted by molar-refractivity contribution is 14.0. The molecule has 1 heterocycles. The monoisotopic (exact) mass is 531 g/mol. The van der Waals surface area contributed by atoms with Crippen molar-refractivity contribution in [3.05, 3.63) is 70.5 Å². The van der Waals surface area contributed by atoms with Gasteiger partial charge >= 0.3 is 0 Å². The summed E-state index contributed by atoms with van der Waals surface area (Å²) in [5.74, 6) is 0.524. The minimum atomic E-state index is -0.207. The Labute approximate surface area is 194 Å². The molecule has 0 radical (unpaired) electrons. The van der Waals surface area contributed by atoms with E-state index in [1.165, 1.54) is 6.07 Å². The lowest BCUT2D eigenvalue weighted by atomic mass is 9.74. The molecule has 0 saturated carbocycles. The van der Waals surface area contributed by atoms with Gasteiger partial charge in [0.15, 0.2) is 5.96 Å². The van der Waals surface area contributed by atoms with E-state index < -0.39 is 0 Å². The molecule has 0 atom stereocenters. The summed E-state index contributed by atoms with van der Waals surface area (Å²) in [7, 11) is 1.75. The van der Waals surface area contributed by atoms with E-state index in [1.807, 2.05) is 24.3 Å². The molecule has 29 heavy (non-hydrogen) atoms. The molecule has 0 aliphatic carbocycles. The van der Waals surface area contributed by atoms with Crippen molar-refractivity contribution in [2.24, 2.45) is 4.99 Å². The van der Waals surface area contributed by atoms with Crippen molar-refractivity contribution >= 4 is 41.5 Å². The third kappa shape index (κ3) is 6.55.